The van der Waals surface area contributed by atoms with Gasteiger partial charge in [0, 0.05) is 18.0 Å². The van der Waals surface area contributed by atoms with E-state index in [0.717, 1.165) is 16.8 Å². The number of hydrogen-bond donors (Lipinski definition) is 0. The molecule has 0 saturated carbocycles. The van der Waals surface area contributed by atoms with Gasteiger partial charge in [0.15, 0.2) is 0 Å². The van der Waals surface area contributed by atoms with Crippen LogP contribution < -0.4 is 0 Å². The van der Waals surface area contributed by atoms with Crippen LogP contribution in [0.2, 0.25) is 0 Å². The molecule has 0 spiro atoms. The van der Waals surface area contributed by atoms with E-state index in [9.17, 15) is 0 Å². The van der Waals surface area contributed by atoms with Crippen LogP contribution in [0.15, 0.2) is 12.4 Å². The van der Waals surface area contributed by atoms with Crippen LogP contribution in [0.1, 0.15) is 31.0 Å². The summed E-state index contributed by atoms with van der Waals surface area (Å²) in [5.41, 5.74) is 3.55. The van der Waals surface area contributed by atoms with Gasteiger partial charge in [-0.15, -0.1) is 5.10 Å². The van der Waals surface area contributed by atoms with Gasteiger partial charge in [-0.25, -0.2) is 4.98 Å². The fourth-order valence-corrected chi connectivity index (χ4v) is 1.51. The molecule has 0 atom stereocenters. The van der Waals surface area contributed by atoms with E-state index in [-0.39, 0.29) is 0 Å². The highest BCUT2D eigenvalue weighted by Gasteiger charge is 2.10. The minimum Gasteiger partial charge on any atom is -0.251 e. The van der Waals surface area contributed by atoms with Gasteiger partial charge in [-0.1, -0.05) is 13.8 Å². The number of rotatable bonds is 1. The van der Waals surface area contributed by atoms with Crippen molar-refractivity contribution in [3.8, 4) is 0 Å². The van der Waals surface area contributed by atoms with Gasteiger partial charge >= 0.3 is 0 Å². The molecule has 72 valence electrons. The van der Waals surface area contributed by atoms with Crippen LogP contribution >= 0.6 is 0 Å². The Hall–Kier alpha value is -1.58. The van der Waals surface area contributed by atoms with Gasteiger partial charge in [-0.2, -0.15) is 5.10 Å². The van der Waals surface area contributed by atoms with Gasteiger partial charge in [0.2, 0.25) is 5.65 Å². The standard InChI is InChI=1S/C10H12N4/c1-6(2)8-7(3)9-10(14-13-8)12-5-4-11-9/h4-6H,1-3H3. The molecule has 14 heavy (non-hydrogen) atoms. The molecule has 2 aromatic heterocycles. The highest BCUT2D eigenvalue weighted by atomic mass is 15.1. The van der Waals surface area contributed by atoms with Crippen LogP contribution in [-0.4, -0.2) is 20.2 Å². The Kier molecular flexibility index (Phi) is 2.11. The smallest absolute Gasteiger partial charge is 0.200 e. The first kappa shape index (κ1) is 8.99. The maximum atomic E-state index is 4.26. The molecule has 0 aliphatic carbocycles. The molecule has 0 aromatic carbocycles. The Balaban J connectivity index is 2.75. The summed E-state index contributed by atoms with van der Waals surface area (Å²) < 4.78 is 0. The second-order valence-corrected chi connectivity index (χ2v) is 3.59. The third-order valence-electron chi connectivity index (χ3n) is 2.22. The summed E-state index contributed by atoms with van der Waals surface area (Å²) in [5, 5.41) is 8.19. The normalized spacial score (nSPS) is 11.1. The first-order valence-corrected chi connectivity index (χ1v) is 4.64. The van der Waals surface area contributed by atoms with Crippen molar-refractivity contribution in [3.63, 3.8) is 0 Å². The van der Waals surface area contributed by atoms with Crippen LogP contribution in [0, 0.1) is 6.92 Å². The fourth-order valence-electron chi connectivity index (χ4n) is 1.51. The van der Waals surface area contributed by atoms with Crippen molar-refractivity contribution in [1.29, 1.82) is 0 Å². The van der Waals surface area contributed by atoms with Crippen molar-refractivity contribution < 1.29 is 0 Å². The minimum absolute atomic E-state index is 0.369. The van der Waals surface area contributed by atoms with E-state index in [1.54, 1.807) is 12.4 Å². The highest BCUT2D eigenvalue weighted by molar-refractivity contribution is 5.73. The number of nitrogens with zero attached hydrogens (tertiary/aromatic N) is 4. The Labute approximate surface area is 82.4 Å². The first-order chi connectivity index (χ1) is 6.70. The molecule has 0 aliphatic heterocycles. The lowest BCUT2D eigenvalue weighted by molar-refractivity contribution is 0.780. The summed E-state index contributed by atoms with van der Waals surface area (Å²) in [6, 6.07) is 0. The van der Waals surface area contributed by atoms with E-state index in [0.29, 0.717) is 11.6 Å². The SMILES string of the molecule is Cc1c(C(C)C)nnc2nccnc12. The second-order valence-electron chi connectivity index (χ2n) is 3.59. The lowest BCUT2D eigenvalue weighted by atomic mass is 10.1. The van der Waals surface area contributed by atoms with Crippen molar-refractivity contribution in [2.24, 2.45) is 0 Å². The largest absolute Gasteiger partial charge is 0.251 e. The number of fused-ring (bicyclic) bond motifs is 1. The second kappa shape index (κ2) is 3.29. The quantitative estimate of drug-likeness (QED) is 0.685. The Morgan fingerprint density at radius 1 is 1.07 bits per heavy atom. The van der Waals surface area contributed by atoms with Gasteiger partial charge in [-0.3, -0.25) is 4.98 Å². The maximum absolute atomic E-state index is 4.26. The fraction of sp³-hybridized carbons (Fsp3) is 0.400. The van der Waals surface area contributed by atoms with Crippen molar-refractivity contribution in [2.75, 3.05) is 0 Å². The molecule has 0 aliphatic rings. The van der Waals surface area contributed by atoms with E-state index < -0.39 is 0 Å². The highest BCUT2D eigenvalue weighted by Crippen LogP contribution is 2.19. The third-order valence-corrected chi connectivity index (χ3v) is 2.22. The zero-order chi connectivity index (χ0) is 10.1. The van der Waals surface area contributed by atoms with Crippen molar-refractivity contribution in [1.82, 2.24) is 20.2 Å². The van der Waals surface area contributed by atoms with Gasteiger partial charge < -0.3 is 0 Å². The van der Waals surface area contributed by atoms with Crippen LogP contribution in [0.5, 0.6) is 0 Å². The zero-order valence-electron chi connectivity index (χ0n) is 8.52. The Morgan fingerprint density at radius 3 is 2.50 bits per heavy atom. The van der Waals surface area contributed by atoms with Crippen LogP contribution in [0.25, 0.3) is 11.2 Å². The van der Waals surface area contributed by atoms with E-state index >= 15 is 0 Å². The van der Waals surface area contributed by atoms with E-state index in [1.807, 2.05) is 6.92 Å². The molecular formula is C10H12N4. The monoisotopic (exact) mass is 188 g/mol. The zero-order valence-corrected chi connectivity index (χ0v) is 8.52. The number of aromatic nitrogens is 4. The summed E-state index contributed by atoms with van der Waals surface area (Å²) >= 11 is 0. The predicted molar refractivity (Wildman–Crippen MR) is 54.0 cm³/mol. The molecule has 4 nitrogen and oxygen atoms in total. The summed E-state index contributed by atoms with van der Waals surface area (Å²) in [7, 11) is 0. The number of hydrogen-bond acceptors (Lipinski definition) is 4. The van der Waals surface area contributed by atoms with Gasteiger partial charge in [0.05, 0.1) is 5.69 Å². The van der Waals surface area contributed by atoms with Crippen LogP contribution in [0.3, 0.4) is 0 Å². The predicted octanol–water partition coefficient (Wildman–Crippen LogP) is 1.85. The molecule has 2 heterocycles. The van der Waals surface area contributed by atoms with Crippen LogP contribution in [0.4, 0.5) is 0 Å². The molecule has 0 bridgehead atoms. The van der Waals surface area contributed by atoms with E-state index in [2.05, 4.69) is 34.0 Å². The molecule has 4 heteroatoms. The molecule has 0 amide bonds. The van der Waals surface area contributed by atoms with Gasteiger partial charge in [-0.05, 0) is 12.8 Å². The van der Waals surface area contributed by atoms with Gasteiger partial charge in [0.25, 0.3) is 0 Å². The lowest BCUT2D eigenvalue weighted by Gasteiger charge is -2.07. The number of aryl methyl sites for hydroxylation is 1. The average molecular weight is 188 g/mol. The topological polar surface area (TPSA) is 51.6 Å². The van der Waals surface area contributed by atoms with Crippen molar-refractivity contribution >= 4 is 11.2 Å². The molecule has 0 fully saturated rings. The van der Waals surface area contributed by atoms with Crippen LogP contribution in [-0.2, 0) is 0 Å². The molecule has 0 unspecified atom stereocenters. The molecule has 2 rings (SSSR count). The Morgan fingerprint density at radius 2 is 1.79 bits per heavy atom. The van der Waals surface area contributed by atoms with Crippen molar-refractivity contribution in [2.45, 2.75) is 26.7 Å². The molecular weight excluding hydrogens is 176 g/mol. The molecule has 0 saturated heterocycles. The summed E-state index contributed by atoms with van der Waals surface area (Å²) in [6.45, 7) is 6.21. The summed E-state index contributed by atoms with van der Waals surface area (Å²) in [6.07, 6.45) is 3.31. The minimum atomic E-state index is 0.369. The summed E-state index contributed by atoms with van der Waals surface area (Å²) in [4.78, 5) is 8.37. The maximum Gasteiger partial charge on any atom is 0.200 e. The molecule has 0 radical (unpaired) electrons. The van der Waals surface area contributed by atoms with Gasteiger partial charge in [0.1, 0.15) is 5.52 Å². The van der Waals surface area contributed by atoms with Crippen molar-refractivity contribution in [3.05, 3.63) is 23.7 Å². The Bertz CT molecular complexity index is 465. The lowest BCUT2D eigenvalue weighted by Crippen LogP contribution is -2.02. The molecule has 0 N–H and O–H groups in total. The summed E-state index contributed by atoms with van der Waals surface area (Å²) in [5.74, 6) is 0.369. The first-order valence-electron chi connectivity index (χ1n) is 4.64. The van der Waals surface area contributed by atoms with E-state index in [1.165, 1.54) is 0 Å². The third kappa shape index (κ3) is 1.32. The molecule has 2 aromatic rings. The average Bonchev–Trinajstić information content (AvgIpc) is 2.18. The van der Waals surface area contributed by atoms with E-state index in [4.69, 9.17) is 0 Å².